The lowest BCUT2D eigenvalue weighted by Gasteiger charge is -2.05. The lowest BCUT2D eigenvalue weighted by molar-refractivity contribution is 0.480. The van der Waals surface area contributed by atoms with Gasteiger partial charge in [0.05, 0.1) is 12.8 Å². The van der Waals surface area contributed by atoms with Crippen molar-refractivity contribution in [3.63, 3.8) is 0 Å². The van der Waals surface area contributed by atoms with Gasteiger partial charge in [0.25, 0.3) is 0 Å². The minimum absolute atomic E-state index is 0.124. The summed E-state index contributed by atoms with van der Waals surface area (Å²) in [6, 6.07) is 7.55. The first-order valence-corrected chi connectivity index (χ1v) is 5.43. The van der Waals surface area contributed by atoms with E-state index in [1.54, 1.807) is 12.3 Å². The molecule has 1 aromatic heterocycles. The lowest BCUT2D eigenvalue weighted by Crippen LogP contribution is -2.17. The van der Waals surface area contributed by atoms with E-state index in [9.17, 15) is 8.78 Å². The summed E-state index contributed by atoms with van der Waals surface area (Å²) >= 11 is 0. The summed E-state index contributed by atoms with van der Waals surface area (Å²) < 4.78 is 31.7. The Morgan fingerprint density at radius 2 is 1.82 bits per heavy atom. The minimum Gasteiger partial charge on any atom is -0.468 e. The van der Waals surface area contributed by atoms with E-state index >= 15 is 0 Å². The van der Waals surface area contributed by atoms with Crippen LogP contribution in [0.15, 0.2) is 41.0 Å². The predicted molar refractivity (Wildman–Crippen MR) is 60.5 cm³/mol. The number of hydrogen-bond donors (Lipinski definition) is 1. The van der Waals surface area contributed by atoms with Crippen molar-refractivity contribution in [2.45, 2.75) is 13.0 Å². The third-order valence-electron chi connectivity index (χ3n) is 2.49. The van der Waals surface area contributed by atoms with Gasteiger partial charge in [0.2, 0.25) is 0 Å². The van der Waals surface area contributed by atoms with E-state index in [1.807, 2.05) is 6.07 Å². The van der Waals surface area contributed by atoms with E-state index in [0.717, 1.165) is 5.76 Å². The van der Waals surface area contributed by atoms with Crippen molar-refractivity contribution >= 4 is 0 Å². The van der Waals surface area contributed by atoms with Crippen LogP contribution in [0, 0.1) is 11.6 Å². The first kappa shape index (κ1) is 11.8. The molecule has 2 rings (SSSR count). The quantitative estimate of drug-likeness (QED) is 0.809. The smallest absolute Gasteiger partial charge is 0.129 e. The van der Waals surface area contributed by atoms with Crippen LogP contribution in [-0.4, -0.2) is 6.54 Å². The molecular formula is C13H13F2NO. The molecule has 17 heavy (non-hydrogen) atoms. The Balaban J connectivity index is 1.82. The Bertz CT molecular complexity index is 448. The first-order valence-electron chi connectivity index (χ1n) is 5.43. The fraction of sp³-hybridized carbons (Fsp3) is 0.231. The normalized spacial score (nSPS) is 10.7. The Labute approximate surface area is 98.3 Å². The van der Waals surface area contributed by atoms with Crippen LogP contribution in [0.4, 0.5) is 8.78 Å². The Kier molecular flexibility index (Phi) is 3.88. The first-order chi connectivity index (χ1) is 8.27. The fourth-order valence-electron chi connectivity index (χ4n) is 1.61. The Morgan fingerprint density at radius 3 is 2.47 bits per heavy atom. The average Bonchev–Trinajstić information content (AvgIpc) is 2.80. The minimum atomic E-state index is -0.496. The van der Waals surface area contributed by atoms with E-state index in [0.29, 0.717) is 19.5 Å². The highest BCUT2D eigenvalue weighted by Gasteiger charge is 2.07. The highest BCUT2D eigenvalue weighted by molar-refractivity contribution is 5.19. The summed E-state index contributed by atoms with van der Waals surface area (Å²) in [5, 5.41) is 3.06. The number of rotatable bonds is 5. The molecule has 0 saturated heterocycles. The number of benzene rings is 1. The maximum Gasteiger partial charge on any atom is 0.129 e. The highest BCUT2D eigenvalue weighted by Crippen LogP contribution is 2.12. The highest BCUT2D eigenvalue weighted by atomic mass is 19.1. The van der Waals surface area contributed by atoms with E-state index in [2.05, 4.69) is 5.32 Å². The van der Waals surface area contributed by atoms with Gasteiger partial charge in [-0.25, -0.2) is 8.78 Å². The zero-order chi connectivity index (χ0) is 12.1. The number of halogens is 2. The molecule has 0 bridgehead atoms. The predicted octanol–water partition coefficient (Wildman–Crippen LogP) is 2.89. The topological polar surface area (TPSA) is 25.2 Å². The maximum atomic E-state index is 13.3. The van der Waals surface area contributed by atoms with Gasteiger partial charge in [0.15, 0.2) is 0 Å². The molecule has 0 fully saturated rings. The van der Waals surface area contributed by atoms with Gasteiger partial charge in [0.1, 0.15) is 17.4 Å². The summed E-state index contributed by atoms with van der Waals surface area (Å²) in [5.41, 5.74) is 0.124. The summed E-state index contributed by atoms with van der Waals surface area (Å²) in [6.07, 6.45) is 1.91. The second kappa shape index (κ2) is 5.59. The Hall–Kier alpha value is -1.68. The van der Waals surface area contributed by atoms with Crippen molar-refractivity contribution in [3.8, 4) is 0 Å². The zero-order valence-electron chi connectivity index (χ0n) is 9.25. The third-order valence-corrected chi connectivity index (χ3v) is 2.49. The van der Waals surface area contributed by atoms with Crippen LogP contribution >= 0.6 is 0 Å². The molecule has 2 aromatic rings. The molecule has 1 aromatic carbocycles. The molecule has 0 saturated carbocycles. The standard InChI is InChI=1S/C13H13F2NO/c14-12-4-1-5-13(15)11(12)6-7-16-9-10-3-2-8-17-10/h1-5,8,16H,6-7,9H2. The molecule has 0 radical (unpaired) electrons. The molecular weight excluding hydrogens is 224 g/mol. The summed E-state index contributed by atoms with van der Waals surface area (Å²) in [6.45, 7) is 1.06. The van der Waals surface area contributed by atoms with Crippen LogP contribution < -0.4 is 5.32 Å². The summed E-state index contributed by atoms with van der Waals surface area (Å²) in [4.78, 5) is 0. The molecule has 0 aliphatic rings. The summed E-state index contributed by atoms with van der Waals surface area (Å²) in [5.74, 6) is -0.186. The summed E-state index contributed by atoms with van der Waals surface area (Å²) in [7, 11) is 0. The van der Waals surface area contributed by atoms with Crippen molar-refractivity contribution in [1.29, 1.82) is 0 Å². The zero-order valence-corrected chi connectivity index (χ0v) is 9.25. The van der Waals surface area contributed by atoms with Crippen LogP contribution in [0.5, 0.6) is 0 Å². The van der Waals surface area contributed by atoms with Crippen LogP contribution in [0.2, 0.25) is 0 Å². The number of hydrogen-bond acceptors (Lipinski definition) is 2. The van der Waals surface area contributed by atoms with E-state index < -0.39 is 11.6 Å². The molecule has 0 unspecified atom stereocenters. The van der Waals surface area contributed by atoms with Gasteiger partial charge in [-0.05, 0) is 37.2 Å². The lowest BCUT2D eigenvalue weighted by atomic mass is 10.1. The van der Waals surface area contributed by atoms with Crippen molar-refractivity contribution in [2.24, 2.45) is 0 Å². The molecule has 1 heterocycles. The molecule has 0 aliphatic carbocycles. The molecule has 0 aliphatic heterocycles. The maximum absolute atomic E-state index is 13.3. The fourth-order valence-corrected chi connectivity index (χ4v) is 1.61. The van der Waals surface area contributed by atoms with Crippen molar-refractivity contribution < 1.29 is 13.2 Å². The van der Waals surface area contributed by atoms with Crippen LogP contribution in [0.1, 0.15) is 11.3 Å². The SMILES string of the molecule is Fc1cccc(F)c1CCNCc1ccco1. The van der Waals surface area contributed by atoms with Crippen molar-refractivity contribution in [2.75, 3.05) is 6.54 Å². The number of nitrogens with one attached hydrogen (secondary N) is 1. The van der Waals surface area contributed by atoms with Crippen LogP contribution in [0.3, 0.4) is 0 Å². The van der Waals surface area contributed by atoms with Crippen LogP contribution in [0.25, 0.3) is 0 Å². The third kappa shape index (κ3) is 3.14. The van der Waals surface area contributed by atoms with E-state index in [4.69, 9.17) is 4.42 Å². The van der Waals surface area contributed by atoms with Gasteiger partial charge < -0.3 is 9.73 Å². The largest absolute Gasteiger partial charge is 0.468 e. The second-order valence-electron chi connectivity index (χ2n) is 3.71. The monoisotopic (exact) mass is 237 g/mol. The van der Waals surface area contributed by atoms with E-state index in [-0.39, 0.29) is 5.56 Å². The van der Waals surface area contributed by atoms with Gasteiger partial charge in [-0.15, -0.1) is 0 Å². The van der Waals surface area contributed by atoms with Crippen LogP contribution in [-0.2, 0) is 13.0 Å². The van der Waals surface area contributed by atoms with Crippen molar-refractivity contribution in [1.82, 2.24) is 5.32 Å². The second-order valence-corrected chi connectivity index (χ2v) is 3.71. The van der Waals surface area contributed by atoms with Crippen molar-refractivity contribution in [3.05, 3.63) is 59.6 Å². The molecule has 4 heteroatoms. The van der Waals surface area contributed by atoms with Gasteiger partial charge in [-0.3, -0.25) is 0 Å². The Morgan fingerprint density at radius 1 is 1.06 bits per heavy atom. The molecule has 0 atom stereocenters. The molecule has 1 N–H and O–H groups in total. The van der Waals surface area contributed by atoms with Gasteiger partial charge in [-0.1, -0.05) is 6.07 Å². The molecule has 2 nitrogen and oxygen atoms in total. The number of furan rings is 1. The van der Waals surface area contributed by atoms with E-state index in [1.165, 1.54) is 18.2 Å². The molecule has 0 spiro atoms. The van der Waals surface area contributed by atoms with Gasteiger partial charge in [0, 0.05) is 5.56 Å². The molecule has 90 valence electrons. The van der Waals surface area contributed by atoms with Gasteiger partial charge in [-0.2, -0.15) is 0 Å². The van der Waals surface area contributed by atoms with Gasteiger partial charge >= 0.3 is 0 Å². The molecule has 0 amide bonds. The average molecular weight is 237 g/mol.